The Morgan fingerprint density at radius 2 is 1.84 bits per heavy atom. The molecular weight excluding hydrogens is 402 g/mol. The van der Waals surface area contributed by atoms with Crippen molar-refractivity contribution in [2.24, 2.45) is 17.5 Å². The van der Waals surface area contributed by atoms with Crippen LogP contribution in [0.1, 0.15) is 31.2 Å². The summed E-state index contributed by atoms with van der Waals surface area (Å²) < 4.78 is 0. The van der Waals surface area contributed by atoms with Gasteiger partial charge < -0.3 is 25.9 Å². The van der Waals surface area contributed by atoms with Crippen molar-refractivity contribution in [2.45, 2.75) is 31.7 Å². The Balaban J connectivity index is 1.37. The van der Waals surface area contributed by atoms with Crippen LogP contribution >= 0.6 is 0 Å². The van der Waals surface area contributed by atoms with Gasteiger partial charge in [-0.15, -0.1) is 0 Å². The average molecular weight is 438 g/mol. The highest BCUT2D eigenvalue weighted by atomic mass is 16.1. The normalized spacial score (nSPS) is 19.9. The predicted molar refractivity (Wildman–Crippen MR) is 129 cm³/mol. The Morgan fingerprint density at radius 3 is 2.53 bits per heavy atom. The van der Waals surface area contributed by atoms with E-state index >= 15 is 0 Å². The minimum atomic E-state index is 0.0417. The molecule has 0 radical (unpaired) electrons. The molecule has 4 rings (SSSR count). The molecule has 8 heteroatoms. The molecule has 1 amide bonds. The third kappa shape index (κ3) is 5.38. The minimum Gasteiger partial charge on any atom is -0.397 e. The molecule has 3 heterocycles. The number of anilines is 1. The number of hydrogen-bond acceptors (Lipinski definition) is 7. The summed E-state index contributed by atoms with van der Waals surface area (Å²) >= 11 is 0. The van der Waals surface area contributed by atoms with Gasteiger partial charge >= 0.3 is 0 Å². The molecule has 0 unspecified atom stereocenters. The maximum Gasteiger partial charge on any atom is 0.228 e. The highest BCUT2D eigenvalue weighted by molar-refractivity contribution is 5.94. The van der Waals surface area contributed by atoms with Crippen LogP contribution in [0.3, 0.4) is 0 Å². The lowest BCUT2D eigenvalue weighted by Crippen LogP contribution is -2.48. The van der Waals surface area contributed by atoms with Crippen LogP contribution in [0.2, 0.25) is 0 Å². The molecule has 2 fully saturated rings. The van der Waals surface area contributed by atoms with E-state index in [4.69, 9.17) is 11.6 Å². The van der Waals surface area contributed by atoms with Gasteiger partial charge in [0.15, 0.2) is 0 Å². The number of fused-ring (bicyclic) bond motifs is 1. The lowest BCUT2D eigenvalue weighted by molar-refractivity contribution is -0.121. The Morgan fingerprint density at radius 1 is 1.12 bits per heavy atom. The number of aromatic nitrogens is 1. The second-order valence-corrected chi connectivity index (χ2v) is 9.22. The number of piperidine rings is 2. The number of amides is 1. The first-order valence-corrected chi connectivity index (χ1v) is 11.5. The van der Waals surface area contributed by atoms with E-state index < -0.39 is 0 Å². The predicted octanol–water partition coefficient (Wildman–Crippen LogP) is 2.04. The van der Waals surface area contributed by atoms with E-state index in [-0.39, 0.29) is 11.8 Å². The van der Waals surface area contributed by atoms with Gasteiger partial charge in [0.05, 0.1) is 5.70 Å². The van der Waals surface area contributed by atoms with Crippen LogP contribution in [0.25, 0.3) is 16.5 Å². The number of likely N-dealkylation sites (tertiary alicyclic amines) is 2. The van der Waals surface area contributed by atoms with Gasteiger partial charge in [0.2, 0.25) is 5.91 Å². The molecule has 32 heavy (non-hydrogen) atoms. The van der Waals surface area contributed by atoms with E-state index in [9.17, 15) is 4.79 Å². The molecule has 0 spiro atoms. The maximum absolute atomic E-state index is 12.9. The highest BCUT2D eigenvalue weighted by Gasteiger charge is 2.30. The van der Waals surface area contributed by atoms with Crippen molar-refractivity contribution < 1.29 is 4.79 Å². The van der Waals surface area contributed by atoms with Crippen LogP contribution in [-0.2, 0) is 4.79 Å². The van der Waals surface area contributed by atoms with Gasteiger partial charge in [-0.05, 0) is 82.0 Å². The summed E-state index contributed by atoms with van der Waals surface area (Å²) in [6, 6.07) is 8.48. The van der Waals surface area contributed by atoms with Crippen LogP contribution in [0.5, 0.6) is 0 Å². The molecule has 0 bridgehead atoms. The third-order valence-electron chi connectivity index (χ3n) is 6.75. The van der Waals surface area contributed by atoms with Gasteiger partial charge in [0.1, 0.15) is 5.82 Å². The third-order valence-corrected chi connectivity index (χ3v) is 6.75. The van der Waals surface area contributed by atoms with Crippen molar-refractivity contribution in [1.29, 1.82) is 0 Å². The van der Waals surface area contributed by atoms with Crippen molar-refractivity contribution in [3.63, 3.8) is 0 Å². The van der Waals surface area contributed by atoms with E-state index in [0.717, 1.165) is 42.3 Å². The van der Waals surface area contributed by atoms with E-state index in [1.807, 2.05) is 24.3 Å². The van der Waals surface area contributed by atoms with Crippen molar-refractivity contribution in [3.05, 3.63) is 42.2 Å². The molecular formula is C24H35N7O. The number of nitrogens with one attached hydrogen (secondary N) is 1. The van der Waals surface area contributed by atoms with Gasteiger partial charge in [0.25, 0.3) is 0 Å². The number of rotatable bonds is 5. The zero-order valence-corrected chi connectivity index (χ0v) is 19.1. The maximum atomic E-state index is 12.9. The summed E-state index contributed by atoms with van der Waals surface area (Å²) in [6.45, 7) is 4.35. The molecule has 1 aromatic heterocycles. The summed E-state index contributed by atoms with van der Waals surface area (Å²) in [6.07, 6.45) is 7.73. The van der Waals surface area contributed by atoms with E-state index in [1.165, 1.54) is 30.9 Å². The van der Waals surface area contributed by atoms with Gasteiger partial charge in [0, 0.05) is 36.8 Å². The smallest absolute Gasteiger partial charge is 0.228 e. The topological polar surface area (TPSA) is 104 Å². The second kappa shape index (κ2) is 9.85. The fraction of sp³-hybridized carbons (Fsp3) is 0.500. The van der Waals surface area contributed by atoms with Crippen LogP contribution in [0, 0.1) is 5.92 Å². The van der Waals surface area contributed by atoms with Crippen molar-refractivity contribution in [1.82, 2.24) is 19.8 Å². The summed E-state index contributed by atoms with van der Waals surface area (Å²) in [5, 5.41) is 6.43. The van der Waals surface area contributed by atoms with Crippen LogP contribution < -0.4 is 16.9 Å². The van der Waals surface area contributed by atoms with E-state index in [0.29, 0.717) is 17.6 Å². The van der Waals surface area contributed by atoms with Crippen LogP contribution in [-0.4, -0.2) is 72.0 Å². The number of pyridine rings is 1. The lowest BCUT2D eigenvalue weighted by Gasteiger charge is -2.40. The molecule has 1 aromatic carbocycles. The highest BCUT2D eigenvalue weighted by Crippen LogP contribution is 2.25. The van der Waals surface area contributed by atoms with Gasteiger partial charge in [-0.3, -0.25) is 4.79 Å². The molecule has 0 atom stereocenters. The summed E-state index contributed by atoms with van der Waals surface area (Å²) in [5.41, 5.74) is 7.58. The molecule has 172 valence electrons. The second-order valence-electron chi connectivity index (χ2n) is 9.22. The number of carbonyl (C=O) groups is 1. The number of carbonyl (C=O) groups excluding carboxylic acids is 1. The number of hydrazine groups is 1. The van der Waals surface area contributed by atoms with E-state index in [2.05, 4.69) is 27.1 Å². The Hall–Kier alpha value is -2.68. The van der Waals surface area contributed by atoms with Gasteiger partial charge in [-0.1, -0.05) is 12.1 Å². The first kappa shape index (κ1) is 22.5. The zero-order chi connectivity index (χ0) is 22.7. The molecule has 2 aliphatic rings. The zero-order valence-electron chi connectivity index (χ0n) is 19.1. The number of nitrogens with two attached hydrogens (primary N) is 2. The summed E-state index contributed by atoms with van der Waals surface area (Å²) in [7, 11) is 3.92. The van der Waals surface area contributed by atoms with Gasteiger partial charge in [-0.2, -0.15) is 0 Å². The van der Waals surface area contributed by atoms with Crippen molar-refractivity contribution in [2.75, 3.05) is 45.6 Å². The summed E-state index contributed by atoms with van der Waals surface area (Å²) in [5.74, 6) is 6.35. The molecule has 8 nitrogen and oxygen atoms in total. The largest absolute Gasteiger partial charge is 0.397 e. The first-order valence-electron chi connectivity index (χ1n) is 11.5. The number of benzene rings is 1. The SMILES string of the molecule is CN(N)/C=C(\N)c1ccc2cnc(NC(=O)C3CCN(C4CCN(C)CC4)CC3)cc2c1. The molecule has 0 aliphatic carbocycles. The Labute approximate surface area is 190 Å². The lowest BCUT2D eigenvalue weighted by atomic mass is 9.93. The first-order chi connectivity index (χ1) is 15.4. The van der Waals surface area contributed by atoms with E-state index in [1.54, 1.807) is 19.4 Å². The monoisotopic (exact) mass is 437 g/mol. The molecule has 0 saturated carbocycles. The minimum absolute atomic E-state index is 0.0417. The molecule has 2 aromatic rings. The number of hydrogen-bond donors (Lipinski definition) is 3. The standard InChI is InChI=1S/C24H35N7O/c1-29-9-7-21(8-10-29)31-11-5-17(6-12-31)24(32)28-23-14-20-13-18(22(25)16-30(2)26)3-4-19(20)15-27-23/h3-4,13-17,21H,5-12,25-26H2,1-2H3,(H,27,28,32)/b22-16-. The Bertz CT molecular complexity index is 973. The average Bonchev–Trinajstić information content (AvgIpc) is 2.79. The fourth-order valence-electron chi connectivity index (χ4n) is 4.80. The summed E-state index contributed by atoms with van der Waals surface area (Å²) in [4.78, 5) is 22.3. The van der Waals surface area contributed by atoms with Crippen molar-refractivity contribution in [3.8, 4) is 0 Å². The van der Waals surface area contributed by atoms with Crippen LogP contribution in [0.15, 0.2) is 36.7 Å². The Kier molecular flexibility index (Phi) is 6.93. The van der Waals surface area contributed by atoms with Gasteiger partial charge in [-0.25, -0.2) is 10.8 Å². The van der Waals surface area contributed by atoms with Crippen LogP contribution in [0.4, 0.5) is 5.82 Å². The fourth-order valence-corrected chi connectivity index (χ4v) is 4.80. The van der Waals surface area contributed by atoms with Crippen molar-refractivity contribution >= 4 is 28.2 Å². The quantitative estimate of drug-likeness (QED) is 0.486. The molecule has 2 saturated heterocycles. The molecule has 2 aliphatic heterocycles. The molecule has 5 N–H and O–H groups in total. The number of nitrogens with zero attached hydrogens (tertiary/aromatic N) is 4.